The van der Waals surface area contributed by atoms with Crippen molar-refractivity contribution in [3.05, 3.63) is 18.2 Å². The summed E-state index contributed by atoms with van der Waals surface area (Å²) in [6, 6.07) is 6.82. The normalized spacial score (nSPS) is 19.9. The average molecular weight is 248 g/mol. The van der Waals surface area contributed by atoms with Crippen LogP contribution in [0.1, 0.15) is 12.8 Å². The number of hydrogen-bond donors (Lipinski definition) is 1. The van der Waals surface area contributed by atoms with Gasteiger partial charge in [0.1, 0.15) is 13.2 Å². The lowest BCUT2D eigenvalue weighted by Gasteiger charge is -2.35. The second-order valence-electron chi connectivity index (χ2n) is 4.85. The summed E-state index contributed by atoms with van der Waals surface area (Å²) in [5.41, 5.74) is 1.18. The van der Waals surface area contributed by atoms with Crippen LogP contribution in [0.25, 0.3) is 0 Å². The third-order valence-electron chi connectivity index (χ3n) is 3.79. The zero-order chi connectivity index (χ0) is 12.4. The Morgan fingerprint density at radius 3 is 2.72 bits per heavy atom. The lowest BCUT2D eigenvalue weighted by molar-refractivity contribution is 0.172. The molecule has 1 fully saturated rings. The molecular weight excluding hydrogens is 228 g/mol. The van der Waals surface area contributed by atoms with E-state index < -0.39 is 0 Å². The topological polar surface area (TPSA) is 33.7 Å². The van der Waals surface area contributed by atoms with Crippen molar-refractivity contribution in [1.82, 2.24) is 5.32 Å². The molecule has 3 rings (SSSR count). The standard InChI is InChI=1S/C14H20N2O2/c1-15-11-5-7-16(8-6-11)12-3-2-4-13-14(12)18-10-9-17-13/h2-4,11,15H,5-10H2,1H3. The average Bonchev–Trinajstić information content (AvgIpc) is 2.47. The summed E-state index contributed by atoms with van der Waals surface area (Å²) in [5, 5.41) is 3.36. The van der Waals surface area contributed by atoms with Crippen molar-refractivity contribution in [3.8, 4) is 11.5 Å². The third kappa shape index (κ3) is 2.12. The number of benzene rings is 1. The van der Waals surface area contributed by atoms with Gasteiger partial charge in [-0.1, -0.05) is 6.07 Å². The Morgan fingerprint density at radius 1 is 1.17 bits per heavy atom. The molecular formula is C14H20N2O2. The van der Waals surface area contributed by atoms with Gasteiger partial charge in [0.2, 0.25) is 0 Å². The molecule has 1 aromatic carbocycles. The van der Waals surface area contributed by atoms with Crippen LogP contribution in [-0.2, 0) is 0 Å². The fraction of sp³-hybridized carbons (Fsp3) is 0.571. The highest BCUT2D eigenvalue weighted by Gasteiger charge is 2.23. The lowest BCUT2D eigenvalue weighted by atomic mass is 10.0. The quantitative estimate of drug-likeness (QED) is 0.863. The molecule has 0 aliphatic carbocycles. The molecule has 98 valence electrons. The third-order valence-corrected chi connectivity index (χ3v) is 3.79. The largest absolute Gasteiger partial charge is 0.486 e. The van der Waals surface area contributed by atoms with Crippen molar-refractivity contribution in [2.24, 2.45) is 0 Å². The number of para-hydroxylation sites is 1. The van der Waals surface area contributed by atoms with Crippen LogP contribution in [-0.4, -0.2) is 39.4 Å². The number of rotatable bonds is 2. The van der Waals surface area contributed by atoms with Crippen LogP contribution >= 0.6 is 0 Å². The first-order valence-electron chi connectivity index (χ1n) is 6.69. The zero-order valence-electron chi connectivity index (χ0n) is 10.8. The van der Waals surface area contributed by atoms with Crippen molar-refractivity contribution in [2.75, 3.05) is 38.3 Å². The van der Waals surface area contributed by atoms with Gasteiger partial charge in [0, 0.05) is 19.1 Å². The van der Waals surface area contributed by atoms with Gasteiger partial charge < -0.3 is 19.7 Å². The summed E-state index contributed by atoms with van der Waals surface area (Å²) in [6.45, 7) is 3.45. The van der Waals surface area contributed by atoms with Gasteiger partial charge in [-0.05, 0) is 32.0 Å². The van der Waals surface area contributed by atoms with E-state index in [-0.39, 0.29) is 0 Å². The molecule has 0 spiro atoms. The van der Waals surface area contributed by atoms with Crippen LogP contribution in [0.2, 0.25) is 0 Å². The van der Waals surface area contributed by atoms with Gasteiger partial charge in [-0.3, -0.25) is 0 Å². The smallest absolute Gasteiger partial charge is 0.184 e. The van der Waals surface area contributed by atoms with E-state index in [1.165, 1.54) is 18.5 Å². The first-order valence-corrected chi connectivity index (χ1v) is 6.69. The first kappa shape index (κ1) is 11.7. The highest BCUT2D eigenvalue weighted by atomic mass is 16.6. The predicted molar refractivity (Wildman–Crippen MR) is 71.7 cm³/mol. The summed E-state index contributed by atoms with van der Waals surface area (Å²) < 4.78 is 11.4. The molecule has 4 nitrogen and oxygen atoms in total. The molecule has 0 saturated carbocycles. The van der Waals surface area contributed by atoms with E-state index >= 15 is 0 Å². The van der Waals surface area contributed by atoms with Crippen molar-refractivity contribution >= 4 is 5.69 Å². The molecule has 0 atom stereocenters. The van der Waals surface area contributed by atoms with Crippen LogP contribution in [0.3, 0.4) is 0 Å². The van der Waals surface area contributed by atoms with Crippen LogP contribution < -0.4 is 19.7 Å². The summed E-state index contributed by atoms with van der Waals surface area (Å²) in [4.78, 5) is 2.40. The van der Waals surface area contributed by atoms with E-state index in [9.17, 15) is 0 Å². The zero-order valence-corrected chi connectivity index (χ0v) is 10.8. The molecule has 1 aromatic rings. The van der Waals surface area contributed by atoms with Gasteiger partial charge >= 0.3 is 0 Å². The van der Waals surface area contributed by atoms with E-state index in [1.807, 2.05) is 19.2 Å². The number of nitrogens with zero attached hydrogens (tertiary/aromatic N) is 1. The Labute approximate surface area is 108 Å². The minimum Gasteiger partial charge on any atom is -0.486 e. The van der Waals surface area contributed by atoms with Crippen molar-refractivity contribution in [2.45, 2.75) is 18.9 Å². The Hall–Kier alpha value is -1.42. The molecule has 2 aliphatic rings. The Morgan fingerprint density at radius 2 is 1.94 bits per heavy atom. The highest BCUT2D eigenvalue weighted by molar-refractivity contribution is 5.65. The highest BCUT2D eigenvalue weighted by Crippen LogP contribution is 2.40. The molecule has 1 saturated heterocycles. The van der Waals surface area contributed by atoms with Gasteiger partial charge in [-0.25, -0.2) is 0 Å². The monoisotopic (exact) mass is 248 g/mol. The fourth-order valence-electron chi connectivity index (χ4n) is 2.72. The van der Waals surface area contributed by atoms with E-state index in [0.29, 0.717) is 19.3 Å². The number of ether oxygens (including phenoxy) is 2. The SMILES string of the molecule is CNC1CCN(c2cccc3c2OCCO3)CC1. The van der Waals surface area contributed by atoms with E-state index in [1.54, 1.807) is 0 Å². The van der Waals surface area contributed by atoms with Crippen LogP contribution in [0.4, 0.5) is 5.69 Å². The molecule has 4 heteroatoms. The van der Waals surface area contributed by atoms with E-state index in [4.69, 9.17) is 9.47 Å². The molecule has 1 N–H and O–H groups in total. The Bertz CT molecular complexity index is 414. The lowest BCUT2D eigenvalue weighted by Crippen LogP contribution is -2.41. The van der Waals surface area contributed by atoms with Crippen LogP contribution in [0, 0.1) is 0 Å². The van der Waals surface area contributed by atoms with Gasteiger partial charge in [-0.15, -0.1) is 0 Å². The number of hydrogen-bond acceptors (Lipinski definition) is 4. The van der Waals surface area contributed by atoms with Gasteiger partial charge in [0.25, 0.3) is 0 Å². The Balaban J connectivity index is 1.80. The summed E-state index contributed by atoms with van der Waals surface area (Å²) in [7, 11) is 2.04. The van der Waals surface area contributed by atoms with Crippen LogP contribution in [0.5, 0.6) is 11.5 Å². The molecule has 0 aromatic heterocycles. The van der Waals surface area contributed by atoms with E-state index in [0.717, 1.165) is 24.6 Å². The molecule has 2 aliphatic heterocycles. The summed E-state index contributed by atoms with van der Waals surface area (Å²) in [6.07, 6.45) is 2.36. The second kappa shape index (κ2) is 5.06. The maximum absolute atomic E-state index is 5.78. The fourth-order valence-corrected chi connectivity index (χ4v) is 2.72. The molecule has 18 heavy (non-hydrogen) atoms. The maximum Gasteiger partial charge on any atom is 0.184 e. The molecule has 0 radical (unpaired) electrons. The van der Waals surface area contributed by atoms with Crippen molar-refractivity contribution in [1.29, 1.82) is 0 Å². The number of piperidine rings is 1. The van der Waals surface area contributed by atoms with Gasteiger partial charge in [-0.2, -0.15) is 0 Å². The number of nitrogens with one attached hydrogen (secondary N) is 1. The van der Waals surface area contributed by atoms with Crippen molar-refractivity contribution in [3.63, 3.8) is 0 Å². The molecule has 0 unspecified atom stereocenters. The summed E-state index contributed by atoms with van der Waals surface area (Å²) in [5.74, 6) is 1.81. The first-order chi connectivity index (χ1) is 8.88. The number of anilines is 1. The minimum atomic E-state index is 0.650. The number of fused-ring (bicyclic) bond motifs is 1. The van der Waals surface area contributed by atoms with Crippen LogP contribution in [0.15, 0.2) is 18.2 Å². The molecule has 0 amide bonds. The maximum atomic E-state index is 5.78. The van der Waals surface area contributed by atoms with Gasteiger partial charge in [0.05, 0.1) is 5.69 Å². The van der Waals surface area contributed by atoms with Gasteiger partial charge in [0.15, 0.2) is 11.5 Å². The minimum absolute atomic E-state index is 0.650. The Kier molecular flexibility index (Phi) is 3.28. The molecule has 2 heterocycles. The van der Waals surface area contributed by atoms with Crippen molar-refractivity contribution < 1.29 is 9.47 Å². The molecule has 0 bridgehead atoms. The predicted octanol–water partition coefficient (Wildman–Crippen LogP) is 1.65. The second-order valence-corrected chi connectivity index (χ2v) is 4.85. The van der Waals surface area contributed by atoms with E-state index in [2.05, 4.69) is 16.3 Å². The summed E-state index contributed by atoms with van der Waals surface area (Å²) >= 11 is 0.